The zero-order valence-electron chi connectivity index (χ0n) is 12.2. The van der Waals surface area contributed by atoms with Gasteiger partial charge in [-0.2, -0.15) is 0 Å². The number of likely N-dealkylation sites (tertiary alicyclic amines) is 1. The van der Waals surface area contributed by atoms with Crippen molar-refractivity contribution >= 4 is 0 Å². The number of nitrogens with two attached hydrogens (primary N) is 1. The molecule has 0 aromatic heterocycles. The summed E-state index contributed by atoms with van der Waals surface area (Å²) in [6.07, 6.45) is 4.44. The second kappa shape index (κ2) is 5.00. The predicted molar refractivity (Wildman–Crippen MR) is 75.8 cm³/mol. The molecule has 0 radical (unpaired) electrons. The van der Waals surface area contributed by atoms with Crippen LogP contribution in [0.3, 0.4) is 0 Å². The molecule has 4 heteroatoms. The Morgan fingerprint density at radius 2 is 1.89 bits per heavy atom. The first-order valence-corrected chi connectivity index (χ1v) is 7.09. The SMILES string of the molecule is CN/C(=C\NC(C)C)N1C[C@@H]2CC(C)(N)C[C@@H]2C1. The van der Waals surface area contributed by atoms with E-state index in [1.165, 1.54) is 18.7 Å². The number of nitrogens with one attached hydrogen (secondary N) is 2. The van der Waals surface area contributed by atoms with Crippen LogP contribution in [0.1, 0.15) is 33.6 Å². The molecule has 18 heavy (non-hydrogen) atoms. The lowest BCUT2D eigenvalue weighted by Crippen LogP contribution is -2.37. The maximum Gasteiger partial charge on any atom is 0.117 e. The van der Waals surface area contributed by atoms with Crippen molar-refractivity contribution in [3.05, 3.63) is 12.0 Å². The van der Waals surface area contributed by atoms with Crippen molar-refractivity contribution in [2.24, 2.45) is 17.6 Å². The third-order valence-electron chi connectivity index (χ3n) is 4.18. The largest absolute Gasteiger partial charge is 0.386 e. The summed E-state index contributed by atoms with van der Waals surface area (Å²) in [5, 5.41) is 6.67. The van der Waals surface area contributed by atoms with Gasteiger partial charge >= 0.3 is 0 Å². The van der Waals surface area contributed by atoms with E-state index >= 15 is 0 Å². The number of rotatable bonds is 4. The van der Waals surface area contributed by atoms with E-state index in [0.29, 0.717) is 6.04 Å². The molecular weight excluding hydrogens is 224 g/mol. The maximum atomic E-state index is 6.26. The van der Waals surface area contributed by atoms with Crippen LogP contribution in [0.4, 0.5) is 0 Å². The van der Waals surface area contributed by atoms with Crippen molar-refractivity contribution in [1.29, 1.82) is 0 Å². The topological polar surface area (TPSA) is 53.3 Å². The fourth-order valence-corrected chi connectivity index (χ4v) is 3.45. The van der Waals surface area contributed by atoms with Crippen LogP contribution in [-0.4, -0.2) is 36.6 Å². The highest BCUT2D eigenvalue weighted by Crippen LogP contribution is 2.42. The van der Waals surface area contributed by atoms with E-state index in [4.69, 9.17) is 5.73 Å². The highest BCUT2D eigenvalue weighted by atomic mass is 15.3. The fourth-order valence-electron chi connectivity index (χ4n) is 3.45. The average Bonchev–Trinajstić information content (AvgIpc) is 2.71. The van der Waals surface area contributed by atoms with Gasteiger partial charge in [0.1, 0.15) is 5.82 Å². The molecule has 3 atom stereocenters. The van der Waals surface area contributed by atoms with Gasteiger partial charge in [0, 0.05) is 37.9 Å². The van der Waals surface area contributed by atoms with E-state index < -0.39 is 0 Å². The molecule has 2 aliphatic rings. The van der Waals surface area contributed by atoms with Crippen molar-refractivity contribution in [1.82, 2.24) is 15.5 Å². The number of nitrogens with zero attached hydrogens (tertiary/aromatic N) is 1. The Kier molecular flexibility index (Phi) is 3.76. The number of fused-ring (bicyclic) bond motifs is 1. The Balaban J connectivity index is 1.95. The Bertz CT molecular complexity index is 306. The lowest BCUT2D eigenvalue weighted by atomic mass is 10.00. The Labute approximate surface area is 111 Å². The highest BCUT2D eigenvalue weighted by molar-refractivity contribution is 5.07. The van der Waals surface area contributed by atoms with E-state index in [1.54, 1.807) is 0 Å². The third kappa shape index (κ3) is 2.91. The highest BCUT2D eigenvalue weighted by Gasteiger charge is 2.45. The first kappa shape index (κ1) is 13.5. The molecule has 0 bridgehead atoms. The molecule has 0 spiro atoms. The van der Waals surface area contributed by atoms with Crippen molar-refractivity contribution in [2.75, 3.05) is 20.1 Å². The molecule has 1 saturated heterocycles. The molecule has 4 nitrogen and oxygen atoms in total. The van der Waals surface area contributed by atoms with Gasteiger partial charge in [-0.1, -0.05) is 0 Å². The predicted octanol–water partition coefficient (Wildman–Crippen LogP) is 1.06. The monoisotopic (exact) mass is 252 g/mol. The number of hydrogen-bond donors (Lipinski definition) is 3. The molecule has 4 N–H and O–H groups in total. The quantitative estimate of drug-likeness (QED) is 0.700. The van der Waals surface area contributed by atoms with Crippen LogP contribution in [0.2, 0.25) is 0 Å². The van der Waals surface area contributed by atoms with E-state index in [1.807, 2.05) is 7.05 Å². The minimum atomic E-state index is 0.0706. The van der Waals surface area contributed by atoms with Gasteiger partial charge in [0.25, 0.3) is 0 Å². The summed E-state index contributed by atoms with van der Waals surface area (Å²) in [7, 11) is 2.00. The zero-order chi connectivity index (χ0) is 13.3. The zero-order valence-corrected chi connectivity index (χ0v) is 12.2. The van der Waals surface area contributed by atoms with Crippen molar-refractivity contribution in [3.8, 4) is 0 Å². The van der Waals surface area contributed by atoms with Gasteiger partial charge in [-0.05, 0) is 45.4 Å². The first-order valence-electron chi connectivity index (χ1n) is 7.09. The Morgan fingerprint density at radius 3 is 2.33 bits per heavy atom. The lowest BCUT2D eigenvalue weighted by molar-refractivity contribution is 0.330. The van der Waals surface area contributed by atoms with Gasteiger partial charge in [-0.3, -0.25) is 0 Å². The van der Waals surface area contributed by atoms with Gasteiger partial charge < -0.3 is 21.3 Å². The summed E-state index contributed by atoms with van der Waals surface area (Å²) in [4.78, 5) is 2.46. The normalized spacial score (nSPS) is 36.1. The molecule has 0 aromatic carbocycles. The van der Waals surface area contributed by atoms with Crippen LogP contribution in [0, 0.1) is 11.8 Å². The molecule has 2 rings (SSSR count). The van der Waals surface area contributed by atoms with Gasteiger partial charge in [-0.25, -0.2) is 0 Å². The summed E-state index contributed by atoms with van der Waals surface area (Å²) < 4.78 is 0. The van der Waals surface area contributed by atoms with Crippen molar-refractivity contribution < 1.29 is 0 Å². The first-order chi connectivity index (χ1) is 8.41. The van der Waals surface area contributed by atoms with Crippen molar-refractivity contribution in [2.45, 2.75) is 45.2 Å². The van der Waals surface area contributed by atoms with Crippen LogP contribution in [-0.2, 0) is 0 Å². The minimum Gasteiger partial charge on any atom is -0.386 e. The summed E-state index contributed by atoms with van der Waals surface area (Å²) >= 11 is 0. The summed E-state index contributed by atoms with van der Waals surface area (Å²) in [5.41, 5.74) is 6.33. The molecule has 1 heterocycles. The maximum absolute atomic E-state index is 6.26. The van der Waals surface area contributed by atoms with Gasteiger partial charge in [-0.15, -0.1) is 0 Å². The Morgan fingerprint density at radius 1 is 1.33 bits per heavy atom. The van der Waals surface area contributed by atoms with Crippen LogP contribution in [0.25, 0.3) is 0 Å². The van der Waals surface area contributed by atoms with Crippen LogP contribution >= 0.6 is 0 Å². The van der Waals surface area contributed by atoms with E-state index in [9.17, 15) is 0 Å². The van der Waals surface area contributed by atoms with Crippen LogP contribution < -0.4 is 16.4 Å². The second-order valence-corrected chi connectivity index (χ2v) is 6.59. The third-order valence-corrected chi connectivity index (χ3v) is 4.18. The van der Waals surface area contributed by atoms with Gasteiger partial charge in [0.2, 0.25) is 0 Å². The molecule has 1 aliphatic heterocycles. The molecule has 1 unspecified atom stereocenters. The molecule has 0 aromatic rings. The second-order valence-electron chi connectivity index (χ2n) is 6.59. The molecule has 1 saturated carbocycles. The van der Waals surface area contributed by atoms with Crippen LogP contribution in [0.5, 0.6) is 0 Å². The molecule has 104 valence electrons. The van der Waals surface area contributed by atoms with E-state index in [-0.39, 0.29) is 5.54 Å². The van der Waals surface area contributed by atoms with Crippen molar-refractivity contribution in [3.63, 3.8) is 0 Å². The lowest BCUT2D eigenvalue weighted by Gasteiger charge is -2.26. The van der Waals surface area contributed by atoms with Crippen LogP contribution in [0.15, 0.2) is 12.0 Å². The summed E-state index contributed by atoms with van der Waals surface area (Å²) in [5.74, 6) is 2.75. The minimum absolute atomic E-state index is 0.0706. The standard InChI is InChI=1S/C14H28N4/c1-10(2)17-7-13(16-4)18-8-11-5-14(3,15)6-12(11)9-18/h7,10-12,16-17H,5-6,8-9,15H2,1-4H3/b13-7+/t11-,12+,14?. The van der Waals surface area contributed by atoms with Gasteiger partial charge in [0.05, 0.1) is 0 Å². The van der Waals surface area contributed by atoms with Gasteiger partial charge in [0.15, 0.2) is 0 Å². The smallest absolute Gasteiger partial charge is 0.117 e. The van der Waals surface area contributed by atoms with E-state index in [0.717, 1.165) is 24.9 Å². The Hall–Kier alpha value is -0.900. The average molecular weight is 252 g/mol. The molecule has 2 fully saturated rings. The fraction of sp³-hybridized carbons (Fsp3) is 0.857. The molecule has 1 aliphatic carbocycles. The van der Waals surface area contributed by atoms with E-state index in [2.05, 4.69) is 42.5 Å². The molecular formula is C14H28N4. The summed E-state index contributed by atoms with van der Waals surface area (Å²) in [6, 6.07) is 0.475. The summed E-state index contributed by atoms with van der Waals surface area (Å²) in [6.45, 7) is 8.79. The number of hydrogen-bond acceptors (Lipinski definition) is 4. The molecule has 0 amide bonds.